The van der Waals surface area contributed by atoms with Crippen LogP contribution in [-0.2, 0) is 14.3 Å². The molecule has 0 aromatic carbocycles. The standard InChI is InChI=1S/C12H21NO3/c1-5-16-10(14)9-7-6-8-13(9)11(15)12(2,3)4/h9H,5-8H2,1-4H3. The molecule has 1 amide bonds. The highest BCUT2D eigenvalue weighted by atomic mass is 16.5. The third-order valence-electron chi connectivity index (χ3n) is 2.71. The Hall–Kier alpha value is -1.06. The molecule has 1 fully saturated rings. The summed E-state index contributed by atoms with van der Waals surface area (Å²) < 4.78 is 4.99. The predicted molar refractivity (Wildman–Crippen MR) is 60.8 cm³/mol. The van der Waals surface area contributed by atoms with Gasteiger partial charge in [0.1, 0.15) is 6.04 Å². The molecule has 1 aliphatic rings. The minimum atomic E-state index is -0.435. The zero-order valence-electron chi connectivity index (χ0n) is 10.6. The lowest BCUT2D eigenvalue weighted by molar-refractivity contribution is -0.155. The number of ether oxygens (including phenoxy) is 1. The van der Waals surface area contributed by atoms with Crippen molar-refractivity contribution in [1.82, 2.24) is 4.90 Å². The zero-order valence-corrected chi connectivity index (χ0v) is 10.6. The molecule has 1 rings (SSSR count). The average Bonchev–Trinajstić information content (AvgIpc) is 2.63. The van der Waals surface area contributed by atoms with Gasteiger partial charge < -0.3 is 9.64 Å². The number of amides is 1. The van der Waals surface area contributed by atoms with E-state index >= 15 is 0 Å². The van der Waals surface area contributed by atoms with Crippen molar-refractivity contribution in [3.05, 3.63) is 0 Å². The van der Waals surface area contributed by atoms with Crippen molar-refractivity contribution >= 4 is 11.9 Å². The maximum atomic E-state index is 12.1. The minimum Gasteiger partial charge on any atom is -0.464 e. The quantitative estimate of drug-likeness (QED) is 0.673. The van der Waals surface area contributed by atoms with Gasteiger partial charge in [-0.2, -0.15) is 0 Å². The molecule has 1 heterocycles. The van der Waals surface area contributed by atoms with Crippen molar-refractivity contribution in [3.63, 3.8) is 0 Å². The van der Waals surface area contributed by atoms with Crippen LogP contribution in [0.1, 0.15) is 40.5 Å². The largest absolute Gasteiger partial charge is 0.464 e. The number of rotatable bonds is 2. The molecule has 4 heteroatoms. The molecule has 0 aromatic heterocycles. The Morgan fingerprint density at radius 1 is 1.38 bits per heavy atom. The Balaban J connectivity index is 2.73. The topological polar surface area (TPSA) is 46.6 Å². The van der Waals surface area contributed by atoms with Crippen molar-refractivity contribution in [3.8, 4) is 0 Å². The van der Waals surface area contributed by atoms with Gasteiger partial charge in [-0.05, 0) is 19.8 Å². The van der Waals surface area contributed by atoms with Gasteiger partial charge in [-0.15, -0.1) is 0 Å². The Labute approximate surface area is 96.9 Å². The van der Waals surface area contributed by atoms with Crippen LogP contribution in [0.4, 0.5) is 0 Å². The van der Waals surface area contributed by atoms with Gasteiger partial charge in [0.15, 0.2) is 0 Å². The first-order valence-corrected chi connectivity index (χ1v) is 5.85. The first kappa shape index (κ1) is 13.0. The molecule has 1 atom stereocenters. The average molecular weight is 227 g/mol. The molecule has 16 heavy (non-hydrogen) atoms. The van der Waals surface area contributed by atoms with Crippen molar-refractivity contribution in [2.75, 3.05) is 13.2 Å². The SMILES string of the molecule is CCOC(=O)C1CCCN1C(=O)C(C)(C)C. The molecular weight excluding hydrogens is 206 g/mol. The van der Waals surface area contributed by atoms with Gasteiger partial charge in [-0.1, -0.05) is 20.8 Å². The third-order valence-corrected chi connectivity index (χ3v) is 2.71. The van der Waals surface area contributed by atoms with E-state index in [-0.39, 0.29) is 17.9 Å². The van der Waals surface area contributed by atoms with Crippen molar-refractivity contribution < 1.29 is 14.3 Å². The molecule has 0 saturated carbocycles. The lowest BCUT2D eigenvalue weighted by Crippen LogP contribution is -2.46. The van der Waals surface area contributed by atoms with Crippen LogP contribution in [0.25, 0.3) is 0 Å². The van der Waals surface area contributed by atoms with Crippen molar-refractivity contribution in [2.24, 2.45) is 5.41 Å². The number of nitrogens with zero attached hydrogens (tertiary/aromatic N) is 1. The van der Waals surface area contributed by atoms with Crippen LogP contribution in [0, 0.1) is 5.41 Å². The Morgan fingerprint density at radius 2 is 2.00 bits per heavy atom. The first-order chi connectivity index (χ1) is 7.38. The summed E-state index contributed by atoms with van der Waals surface area (Å²) in [5.74, 6) is -0.236. The van der Waals surface area contributed by atoms with Gasteiger partial charge in [0.05, 0.1) is 6.61 Å². The molecule has 0 aliphatic carbocycles. The number of likely N-dealkylation sites (tertiary alicyclic amines) is 1. The molecule has 0 bridgehead atoms. The molecule has 0 radical (unpaired) electrons. The van der Waals surface area contributed by atoms with Gasteiger partial charge in [0, 0.05) is 12.0 Å². The normalized spacial score (nSPS) is 21.0. The van der Waals surface area contributed by atoms with E-state index in [1.807, 2.05) is 20.8 Å². The number of hydrogen-bond donors (Lipinski definition) is 0. The molecule has 1 saturated heterocycles. The molecule has 1 aliphatic heterocycles. The van der Waals surface area contributed by atoms with Gasteiger partial charge in [0.2, 0.25) is 5.91 Å². The lowest BCUT2D eigenvalue weighted by Gasteiger charge is -2.29. The minimum absolute atomic E-state index is 0.0306. The van der Waals surface area contributed by atoms with Crippen LogP contribution >= 0.6 is 0 Å². The summed E-state index contributed by atoms with van der Waals surface area (Å²) in [7, 11) is 0. The number of hydrogen-bond acceptors (Lipinski definition) is 3. The second-order valence-corrected chi connectivity index (χ2v) is 5.16. The molecule has 1 unspecified atom stereocenters. The molecule has 0 aromatic rings. The van der Waals surface area contributed by atoms with Gasteiger partial charge in [-0.25, -0.2) is 4.79 Å². The van der Waals surface area contributed by atoms with E-state index in [1.165, 1.54) is 0 Å². The summed E-state index contributed by atoms with van der Waals surface area (Å²) >= 11 is 0. The van der Waals surface area contributed by atoms with Gasteiger partial charge >= 0.3 is 5.97 Å². The van der Waals surface area contributed by atoms with E-state index in [1.54, 1.807) is 11.8 Å². The maximum Gasteiger partial charge on any atom is 0.328 e. The highest BCUT2D eigenvalue weighted by molar-refractivity contribution is 5.87. The summed E-state index contributed by atoms with van der Waals surface area (Å²) in [6, 6.07) is -0.369. The molecular formula is C12H21NO3. The summed E-state index contributed by atoms with van der Waals surface area (Å²) in [4.78, 5) is 25.4. The third kappa shape index (κ3) is 2.74. The fourth-order valence-electron chi connectivity index (χ4n) is 1.92. The smallest absolute Gasteiger partial charge is 0.328 e. The maximum absolute atomic E-state index is 12.1. The van der Waals surface area contributed by atoms with Crippen LogP contribution in [-0.4, -0.2) is 36.0 Å². The van der Waals surface area contributed by atoms with Crippen LogP contribution in [0.2, 0.25) is 0 Å². The molecule has 92 valence electrons. The number of carbonyl (C=O) groups is 2. The summed E-state index contributed by atoms with van der Waals surface area (Å²) in [6.07, 6.45) is 1.60. The fraction of sp³-hybridized carbons (Fsp3) is 0.833. The monoisotopic (exact) mass is 227 g/mol. The molecule has 0 N–H and O–H groups in total. The fourth-order valence-corrected chi connectivity index (χ4v) is 1.92. The van der Waals surface area contributed by atoms with Gasteiger partial charge in [0.25, 0.3) is 0 Å². The van der Waals surface area contributed by atoms with Crippen LogP contribution in [0.3, 0.4) is 0 Å². The first-order valence-electron chi connectivity index (χ1n) is 5.85. The lowest BCUT2D eigenvalue weighted by atomic mass is 9.94. The van der Waals surface area contributed by atoms with E-state index in [4.69, 9.17) is 4.74 Å². The van der Waals surface area contributed by atoms with Gasteiger partial charge in [-0.3, -0.25) is 4.79 Å². The Kier molecular flexibility index (Phi) is 3.94. The summed E-state index contributed by atoms with van der Waals surface area (Å²) in [6.45, 7) is 8.43. The second kappa shape index (κ2) is 4.85. The summed E-state index contributed by atoms with van der Waals surface area (Å²) in [5.41, 5.74) is -0.435. The van der Waals surface area contributed by atoms with E-state index in [0.717, 1.165) is 12.8 Å². The zero-order chi connectivity index (χ0) is 12.3. The number of carbonyl (C=O) groups excluding carboxylic acids is 2. The number of esters is 1. The van der Waals surface area contributed by atoms with Crippen LogP contribution < -0.4 is 0 Å². The Morgan fingerprint density at radius 3 is 2.50 bits per heavy atom. The summed E-state index contributed by atoms with van der Waals surface area (Å²) in [5, 5.41) is 0. The van der Waals surface area contributed by atoms with Crippen LogP contribution in [0.5, 0.6) is 0 Å². The van der Waals surface area contributed by atoms with Crippen LogP contribution in [0.15, 0.2) is 0 Å². The highest BCUT2D eigenvalue weighted by Crippen LogP contribution is 2.25. The highest BCUT2D eigenvalue weighted by Gasteiger charge is 2.39. The van der Waals surface area contributed by atoms with E-state index in [2.05, 4.69) is 0 Å². The van der Waals surface area contributed by atoms with E-state index in [9.17, 15) is 9.59 Å². The van der Waals surface area contributed by atoms with E-state index < -0.39 is 5.41 Å². The van der Waals surface area contributed by atoms with Crippen molar-refractivity contribution in [2.45, 2.75) is 46.6 Å². The van der Waals surface area contributed by atoms with E-state index in [0.29, 0.717) is 13.2 Å². The van der Waals surface area contributed by atoms with Crippen molar-refractivity contribution in [1.29, 1.82) is 0 Å². The predicted octanol–water partition coefficient (Wildman–Crippen LogP) is 1.59. The Bertz CT molecular complexity index is 280. The second-order valence-electron chi connectivity index (χ2n) is 5.16. The molecule has 4 nitrogen and oxygen atoms in total. The molecule has 0 spiro atoms.